The zero-order valence-electron chi connectivity index (χ0n) is 16.5. The lowest BCUT2D eigenvalue weighted by molar-refractivity contribution is 0.310. The zero-order chi connectivity index (χ0) is 20.2. The number of anilines is 1. The van der Waals surface area contributed by atoms with Crippen molar-refractivity contribution in [1.29, 1.82) is 5.26 Å². The maximum atomic E-state index is 9.56. The molecule has 29 heavy (non-hydrogen) atoms. The zero-order valence-corrected chi connectivity index (χ0v) is 16.5. The fraction of sp³-hybridized carbons (Fsp3) is 0.167. The maximum absolute atomic E-state index is 9.56. The van der Waals surface area contributed by atoms with E-state index in [4.69, 9.17) is 4.42 Å². The molecule has 0 spiro atoms. The third-order valence-electron chi connectivity index (χ3n) is 5.02. The molecule has 0 aliphatic rings. The van der Waals surface area contributed by atoms with E-state index in [1.807, 2.05) is 74.8 Å². The number of nitrogens with one attached hydrogen (secondary N) is 1. The van der Waals surface area contributed by atoms with Crippen molar-refractivity contribution in [3.63, 3.8) is 0 Å². The standard InChI is InChI=1S/C24H22N4O/c1-28(2)22(18-10-4-3-5-11-18)16-26-24-21(15-25)27-23(29-24)20-14-8-12-17-9-6-7-13-19(17)20/h3-14,22,26H,16H2,1-2H3. The molecule has 0 radical (unpaired) electrons. The largest absolute Gasteiger partial charge is 0.419 e. The number of nitriles is 1. The minimum absolute atomic E-state index is 0.133. The van der Waals surface area contributed by atoms with Gasteiger partial charge in [0.25, 0.3) is 0 Å². The van der Waals surface area contributed by atoms with Crippen LogP contribution in [0.2, 0.25) is 0 Å². The summed E-state index contributed by atoms with van der Waals surface area (Å²) in [6.07, 6.45) is 0. The van der Waals surface area contributed by atoms with Crippen molar-refractivity contribution in [2.45, 2.75) is 6.04 Å². The molecule has 144 valence electrons. The van der Waals surface area contributed by atoms with Gasteiger partial charge in [0.1, 0.15) is 6.07 Å². The van der Waals surface area contributed by atoms with E-state index in [-0.39, 0.29) is 11.7 Å². The second-order valence-corrected chi connectivity index (χ2v) is 7.11. The third kappa shape index (κ3) is 3.84. The highest BCUT2D eigenvalue weighted by Crippen LogP contribution is 2.31. The molecule has 0 bridgehead atoms. The Morgan fingerprint density at radius 2 is 1.72 bits per heavy atom. The van der Waals surface area contributed by atoms with Crippen LogP contribution in [0.3, 0.4) is 0 Å². The van der Waals surface area contributed by atoms with Crippen LogP contribution in [-0.2, 0) is 0 Å². The number of rotatable bonds is 6. The van der Waals surface area contributed by atoms with Crippen molar-refractivity contribution in [3.8, 4) is 17.5 Å². The highest BCUT2D eigenvalue weighted by Gasteiger charge is 2.19. The lowest BCUT2D eigenvalue weighted by Gasteiger charge is -2.24. The normalized spacial score (nSPS) is 12.1. The molecule has 4 aromatic rings. The Balaban J connectivity index is 1.64. The van der Waals surface area contributed by atoms with Gasteiger partial charge in [0.2, 0.25) is 17.5 Å². The van der Waals surface area contributed by atoms with Crippen molar-refractivity contribution in [2.24, 2.45) is 0 Å². The molecule has 0 aliphatic carbocycles. The lowest BCUT2D eigenvalue weighted by atomic mass is 10.0. The van der Waals surface area contributed by atoms with Gasteiger partial charge in [-0.05, 0) is 36.5 Å². The van der Waals surface area contributed by atoms with Crippen LogP contribution >= 0.6 is 0 Å². The summed E-state index contributed by atoms with van der Waals surface area (Å²) in [5, 5.41) is 15.0. The summed E-state index contributed by atoms with van der Waals surface area (Å²) in [6.45, 7) is 0.593. The molecule has 0 saturated carbocycles. The summed E-state index contributed by atoms with van der Waals surface area (Å²) in [7, 11) is 4.07. The molecular weight excluding hydrogens is 360 g/mol. The SMILES string of the molecule is CN(C)C(CNc1oc(-c2cccc3ccccc23)nc1C#N)c1ccccc1. The molecule has 0 aliphatic heterocycles. The minimum Gasteiger partial charge on any atom is -0.419 e. The van der Waals surface area contributed by atoms with E-state index in [2.05, 4.69) is 33.4 Å². The van der Waals surface area contributed by atoms with Gasteiger partial charge in [0, 0.05) is 12.1 Å². The molecule has 1 atom stereocenters. The van der Waals surface area contributed by atoms with Crippen molar-refractivity contribution in [3.05, 3.63) is 84.1 Å². The van der Waals surface area contributed by atoms with Crippen molar-refractivity contribution >= 4 is 16.7 Å². The number of benzene rings is 3. The topological polar surface area (TPSA) is 65.1 Å². The molecular formula is C24H22N4O. The molecule has 5 heteroatoms. The van der Waals surface area contributed by atoms with Gasteiger partial charge >= 0.3 is 0 Å². The van der Waals surface area contributed by atoms with Gasteiger partial charge in [-0.25, -0.2) is 0 Å². The smallest absolute Gasteiger partial charge is 0.232 e. The van der Waals surface area contributed by atoms with Gasteiger partial charge in [-0.2, -0.15) is 10.2 Å². The Morgan fingerprint density at radius 1 is 1.00 bits per heavy atom. The van der Waals surface area contributed by atoms with Crippen molar-refractivity contribution in [1.82, 2.24) is 9.88 Å². The quantitative estimate of drug-likeness (QED) is 0.504. The molecule has 1 heterocycles. The number of fused-ring (bicyclic) bond motifs is 1. The minimum atomic E-state index is 0.133. The summed E-state index contributed by atoms with van der Waals surface area (Å²) in [4.78, 5) is 6.58. The van der Waals surface area contributed by atoms with E-state index < -0.39 is 0 Å². The first-order valence-corrected chi connectivity index (χ1v) is 9.51. The third-order valence-corrected chi connectivity index (χ3v) is 5.02. The molecule has 5 nitrogen and oxygen atoms in total. The predicted octanol–water partition coefficient (Wildman–Crippen LogP) is 5.08. The first kappa shape index (κ1) is 18.7. The Hall–Kier alpha value is -3.62. The first-order chi connectivity index (χ1) is 14.2. The van der Waals surface area contributed by atoms with Crippen LogP contribution in [0.25, 0.3) is 22.2 Å². The number of hydrogen-bond acceptors (Lipinski definition) is 5. The van der Waals surface area contributed by atoms with E-state index in [1.54, 1.807) is 0 Å². The second kappa shape index (κ2) is 8.17. The van der Waals surface area contributed by atoms with Crippen molar-refractivity contribution in [2.75, 3.05) is 26.0 Å². The first-order valence-electron chi connectivity index (χ1n) is 9.51. The Bertz CT molecular complexity index is 1150. The van der Waals surface area contributed by atoms with Gasteiger partial charge < -0.3 is 14.6 Å². The predicted molar refractivity (Wildman–Crippen MR) is 116 cm³/mol. The average molecular weight is 382 g/mol. The summed E-state index contributed by atoms with van der Waals surface area (Å²) >= 11 is 0. The summed E-state index contributed by atoms with van der Waals surface area (Å²) in [5.41, 5.74) is 2.33. The monoisotopic (exact) mass is 382 g/mol. The number of likely N-dealkylation sites (N-methyl/N-ethyl adjacent to an activating group) is 1. The van der Waals surface area contributed by atoms with Gasteiger partial charge in [-0.3, -0.25) is 0 Å². The van der Waals surface area contributed by atoms with Crippen LogP contribution in [0.1, 0.15) is 17.3 Å². The van der Waals surface area contributed by atoms with Crippen LogP contribution in [0.4, 0.5) is 5.88 Å². The van der Waals surface area contributed by atoms with Crippen LogP contribution in [0.5, 0.6) is 0 Å². The summed E-state index contributed by atoms with van der Waals surface area (Å²) in [6, 6.07) is 26.6. The fourth-order valence-corrected chi connectivity index (χ4v) is 3.51. The number of oxazole rings is 1. The molecule has 0 amide bonds. The van der Waals surface area contributed by atoms with Gasteiger partial charge in [0.05, 0.1) is 6.04 Å². The highest BCUT2D eigenvalue weighted by molar-refractivity contribution is 5.94. The molecule has 0 saturated heterocycles. The van der Waals surface area contributed by atoms with E-state index in [9.17, 15) is 5.26 Å². The molecule has 0 fully saturated rings. The van der Waals surface area contributed by atoms with Gasteiger partial charge in [-0.1, -0.05) is 66.7 Å². The van der Waals surface area contributed by atoms with Crippen LogP contribution in [0, 0.1) is 11.3 Å². The second-order valence-electron chi connectivity index (χ2n) is 7.11. The molecule has 4 rings (SSSR count). The highest BCUT2D eigenvalue weighted by atomic mass is 16.4. The Morgan fingerprint density at radius 3 is 2.48 bits per heavy atom. The average Bonchev–Trinajstić information content (AvgIpc) is 3.17. The summed E-state index contributed by atoms with van der Waals surface area (Å²) < 4.78 is 6.00. The molecule has 3 aromatic carbocycles. The van der Waals surface area contributed by atoms with Crippen LogP contribution in [-0.4, -0.2) is 30.5 Å². The fourth-order valence-electron chi connectivity index (χ4n) is 3.51. The lowest BCUT2D eigenvalue weighted by Crippen LogP contribution is -2.26. The summed E-state index contributed by atoms with van der Waals surface area (Å²) in [5.74, 6) is 0.847. The van der Waals surface area contributed by atoms with Gasteiger partial charge in [-0.15, -0.1) is 0 Å². The van der Waals surface area contributed by atoms with Gasteiger partial charge in [0.15, 0.2) is 0 Å². The Labute approximate surface area is 170 Å². The van der Waals surface area contributed by atoms with Crippen LogP contribution < -0.4 is 5.32 Å². The van der Waals surface area contributed by atoms with E-state index in [0.717, 1.165) is 16.3 Å². The van der Waals surface area contributed by atoms with E-state index >= 15 is 0 Å². The van der Waals surface area contributed by atoms with Crippen molar-refractivity contribution < 1.29 is 4.42 Å². The van der Waals surface area contributed by atoms with E-state index in [0.29, 0.717) is 18.3 Å². The maximum Gasteiger partial charge on any atom is 0.232 e. The number of hydrogen-bond donors (Lipinski definition) is 1. The Kier molecular flexibility index (Phi) is 5.28. The molecule has 1 aromatic heterocycles. The number of aromatic nitrogens is 1. The number of nitrogens with zero attached hydrogens (tertiary/aromatic N) is 3. The molecule has 1 unspecified atom stereocenters. The van der Waals surface area contributed by atoms with E-state index in [1.165, 1.54) is 5.56 Å². The molecule has 1 N–H and O–H groups in total. The van der Waals surface area contributed by atoms with Crippen LogP contribution in [0.15, 0.2) is 77.2 Å².